The molecule has 2 atom stereocenters. The maximum Gasteiger partial charge on any atom is 0.261 e. The zero-order chi connectivity index (χ0) is 11.5. The second-order valence-corrected chi connectivity index (χ2v) is 4.86. The summed E-state index contributed by atoms with van der Waals surface area (Å²) in [5, 5.41) is 8.14. The molecule has 1 aromatic heterocycles. The molecule has 2 N–H and O–H groups in total. The molecule has 1 saturated heterocycles. The fraction of sp³-hybridized carbons (Fsp3) is 0.545. The lowest BCUT2D eigenvalue weighted by atomic mass is 10.2. The van der Waals surface area contributed by atoms with E-state index in [-0.39, 0.29) is 18.1 Å². The number of hydrogen-bond donors (Lipinski definition) is 2. The minimum Gasteiger partial charge on any atom is -0.378 e. The molecule has 5 heteroatoms. The summed E-state index contributed by atoms with van der Waals surface area (Å²) in [5.41, 5.74) is 1.03. The summed E-state index contributed by atoms with van der Waals surface area (Å²) in [6.45, 7) is 3.52. The molecule has 88 valence electrons. The molecule has 0 saturated carbocycles. The molecule has 4 nitrogen and oxygen atoms in total. The number of rotatable bonds is 3. The standard InChI is InChI=1S/C11H16N2O2S/c1-7-3-4-16-10(7)11(14)13-8-5-12-6-9(8)15-2/h3-4,8-9,12H,5-6H2,1-2H3,(H,13,14)/t8?,9-/m0/s1. The SMILES string of the molecule is CO[C@H]1CNCC1NC(=O)c1sccc1C. The van der Waals surface area contributed by atoms with Crippen molar-refractivity contribution in [3.63, 3.8) is 0 Å². The Morgan fingerprint density at radius 3 is 3.06 bits per heavy atom. The molecule has 0 bridgehead atoms. The zero-order valence-electron chi connectivity index (χ0n) is 9.45. The van der Waals surface area contributed by atoms with Gasteiger partial charge in [0, 0.05) is 20.2 Å². The van der Waals surface area contributed by atoms with Crippen LogP contribution in [0.5, 0.6) is 0 Å². The molecular weight excluding hydrogens is 224 g/mol. The predicted octanol–water partition coefficient (Wildman–Crippen LogP) is 0.773. The maximum atomic E-state index is 12.0. The second kappa shape index (κ2) is 4.95. The van der Waals surface area contributed by atoms with Gasteiger partial charge in [0.15, 0.2) is 0 Å². The van der Waals surface area contributed by atoms with Crippen LogP contribution in [-0.2, 0) is 4.74 Å². The second-order valence-electron chi connectivity index (χ2n) is 3.95. The Morgan fingerprint density at radius 1 is 1.62 bits per heavy atom. The topological polar surface area (TPSA) is 50.4 Å². The predicted molar refractivity (Wildman–Crippen MR) is 64.0 cm³/mol. The molecule has 0 aromatic carbocycles. The summed E-state index contributed by atoms with van der Waals surface area (Å²) in [6, 6.07) is 2.03. The van der Waals surface area contributed by atoms with Gasteiger partial charge < -0.3 is 15.4 Å². The number of thiophene rings is 1. The van der Waals surface area contributed by atoms with Gasteiger partial charge in [-0.1, -0.05) is 0 Å². The van der Waals surface area contributed by atoms with Crippen LogP contribution >= 0.6 is 11.3 Å². The number of aryl methyl sites for hydroxylation is 1. The van der Waals surface area contributed by atoms with Gasteiger partial charge in [0.2, 0.25) is 0 Å². The average molecular weight is 240 g/mol. The van der Waals surface area contributed by atoms with Crippen LogP contribution in [0, 0.1) is 6.92 Å². The van der Waals surface area contributed by atoms with E-state index in [4.69, 9.17) is 4.74 Å². The summed E-state index contributed by atoms with van der Waals surface area (Å²) >= 11 is 1.48. The van der Waals surface area contributed by atoms with Crippen molar-refractivity contribution in [2.45, 2.75) is 19.1 Å². The third-order valence-corrected chi connectivity index (χ3v) is 3.86. The van der Waals surface area contributed by atoms with Gasteiger partial charge in [-0.3, -0.25) is 4.79 Å². The molecule has 2 rings (SSSR count). The first-order chi connectivity index (χ1) is 7.72. The van der Waals surface area contributed by atoms with Gasteiger partial charge in [-0.05, 0) is 23.9 Å². The Hall–Kier alpha value is -0.910. The van der Waals surface area contributed by atoms with Gasteiger partial charge in [0.1, 0.15) is 0 Å². The highest BCUT2D eigenvalue weighted by Crippen LogP contribution is 2.16. The van der Waals surface area contributed by atoms with Crippen LogP contribution < -0.4 is 10.6 Å². The first kappa shape index (κ1) is 11.6. The highest BCUT2D eigenvalue weighted by Gasteiger charge is 2.28. The van der Waals surface area contributed by atoms with E-state index in [0.717, 1.165) is 23.5 Å². The minimum absolute atomic E-state index is 0.00301. The van der Waals surface area contributed by atoms with E-state index in [1.54, 1.807) is 7.11 Å². The van der Waals surface area contributed by atoms with E-state index in [0.29, 0.717) is 0 Å². The fourth-order valence-electron chi connectivity index (χ4n) is 1.89. The Morgan fingerprint density at radius 2 is 2.44 bits per heavy atom. The highest BCUT2D eigenvalue weighted by molar-refractivity contribution is 7.12. The van der Waals surface area contributed by atoms with E-state index in [9.17, 15) is 4.79 Å². The summed E-state index contributed by atoms with van der Waals surface area (Å²) in [6.07, 6.45) is 0.0734. The summed E-state index contributed by atoms with van der Waals surface area (Å²) < 4.78 is 5.30. The van der Waals surface area contributed by atoms with Gasteiger partial charge in [0.25, 0.3) is 5.91 Å². The normalized spacial score (nSPS) is 24.6. The highest BCUT2D eigenvalue weighted by atomic mass is 32.1. The smallest absolute Gasteiger partial charge is 0.261 e. The van der Waals surface area contributed by atoms with Crippen LogP contribution in [0.3, 0.4) is 0 Å². The number of carbonyl (C=O) groups excluding carboxylic acids is 1. The van der Waals surface area contributed by atoms with Crippen molar-refractivity contribution in [3.05, 3.63) is 21.9 Å². The summed E-state index contributed by atoms with van der Waals surface area (Å²) in [5.74, 6) is 0.00301. The largest absolute Gasteiger partial charge is 0.378 e. The number of amides is 1. The number of carbonyl (C=O) groups is 1. The molecule has 1 fully saturated rings. The quantitative estimate of drug-likeness (QED) is 0.820. The molecule has 0 aliphatic carbocycles. The number of hydrogen-bond acceptors (Lipinski definition) is 4. The molecule has 2 heterocycles. The zero-order valence-corrected chi connectivity index (χ0v) is 10.3. The van der Waals surface area contributed by atoms with E-state index >= 15 is 0 Å². The first-order valence-corrected chi connectivity index (χ1v) is 6.19. The third-order valence-electron chi connectivity index (χ3n) is 2.85. The van der Waals surface area contributed by atoms with E-state index in [1.165, 1.54) is 11.3 Å². The van der Waals surface area contributed by atoms with Crippen molar-refractivity contribution >= 4 is 17.2 Å². The Bertz CT molecular complexity index is 378. The molecule has 16 heavy (non-hydrogen) atoms. The molecular formula is C11H16N2O2S. The summed E-state index contributed by atoms with van der Waals surface area (Å²) in [7, 11) is 1.67. The van der Waals surface area contributed by atoms with Crippen molar-refractivity contribution in [2.75, 3.05) is 20.2 Å². The number of methoxy groups -OCH3 is 1. The molecule has 1 unspecified atom stereocenters. The monoisotopic (exact) mass is 240 g/mol. The molecule has 1 aliphatic heterocycles. The lowest BCUT2D eigenvalue weighted by Gasteiger charge is -2.18. The molecule has 1 amide bonds. The van der Waals surface area contributed by atoms with Crippen molar-refractivity contribution in [3.8, 4) is 0 Å². The minimum atomic E-state index is 0.00301. The van der Waals surface area contributed by atoms with Gasteiger partial charge in [0.05, 0.1) is 17.0 Å². The molecule has 1 aromatic rings. The molecule has 0 spiro atoms. The third kappa shape index (κ3) is 2.26. The van der Waals surface area contributed by atoms with Crippen LogP contribution in [0.1, 0.15) is 15.2 Å². The van der Waals surface area contributed by atoms with E-state index in [2.05, 4.69) is 10.6 Å². The lowest BCUT2D eigenvalue weighted by Crippen LogP contribution is -2.43. The Labute approximate surface area is 99.0 Å². The Kier molecular flexibility index (Phi) is 3.58. The van der Waals surface area contributed by atoms with Gasteiger partial charge >= 0.3 is 0 Å². The van der Waals surface area contributed by atoms with Crippen molar-refractivity contribution < 1.29 is 9.53 Å². The molecule has 0 radical (unpaired) electrons. The van der Waals surface area contributed by atoms with Crippen LogP contribution in [0.2, 0.25) is 0 Å². The van der Waals surface area contributed by atoms with Crippen molar-refractivity contribution in [1.82, 2.24) is 10.6 Å². The van der Waals surface area contributed by atoms with Crippen LogP contribution in [0.4, 0.5) is 0 Å². The van der Waals surface area contributed by atoms with E-state index in [1.807, 2.05) is 18.4 Å². The average Bonchev–Trinajstić information content (AvgIpc) is 2.86. The Balaban J connectivity index is 2.00. The van der Waals surface area contributed by atoms with Crippen LogP contribution in [0.25, 0.3) is 0 Å². The van der Waals surface area contributed by atoms with Gasteiger partial charge in [-0.25, -0.2) is 0 Å². The van der Waals surface area contributed by atoms with Crippen molar-refractivity contribution in [1.29, 1.82) is 0 Å². The lowest BCUT2D eigenvalue weighted by molar-refractivity contribution is 0.0782. The van der Waals surface area contributed by atoms with Gasteiger partial charge in [-0.15, -0.1) is 11.3 Å². The summed E-state index contributed by atoms with van der Waals surface area (Å²) in [4.78, 5) is 12.8. The maximum absolute atomic E-state index is 12.0. The van der Waals surface area contributed by atoms with E-state index < -0.39 is 0 Å². The fourth-order valence-corrected chi connectivity index (χ4v) is 2.71. The van der Waals surface area contributed by atoms with Crippen LogP contribution in [-0.4, -0.2) is 38.3 Å². The van der Waals surface area contributed by atoms with Gasteiger partial charge in [-0.2, -0.15) is 0 Å². The molecule has 1 aliphatic rings. The van der Waals surface area contributed by atoms with Crippen LogP contribution in [0.15, 0.2) is 11.4 Å². The first-order valence-electron chi connectivity index (χ1n) is 5.31. The number of nitrogens with one attached hydrogen (secondary N) is 2. The van der Waals surface area contributed by atoms with Crippen molar-refractivity contribution in [2.24, 2.45) is 0 Å². The number of ether oxygens (including phenoxy) is 1.